The van der Waals surface area contributed by atoms with Gasteiger partial charge in [0, 0.05) is 6.04 Å². The monoisotopic (exact) mass is 253 g/mol. The first-order valence-electron chi connectivity index (χ1n) is 5.98. The molecule has 0 fully saturated rings. The molecular weight excluding hydrogens is 234 g/mol. The average molecular weight is 253 g/mol. The molecule has 0 saturated carbocycles. The van der Waals surface area contributed by atoms with E-state index in [1.54, 1.807) is 6.92 Å². The molecule has 1 aromatic rings. The van der Waals surface area contributed by atoms with Crippen LogP contribution in [-0.2, 0) is 22.7 Å². The first-order chi connectivity index (χ1) is 7.95. The quantitative estimate of drug-likeness (QED) is 0.889. The van der Waals surface area contributed by atoms with E-state index in [0.29, 0.717) is 17.4 Å². The van der Waals surface area contributed by atoms with Gasteiger partial charge in [0.05, 0.1) is 10.1 Å². The van der Waals surface area contributed by atoms with Gasteiger partial charge in [-0.15, -0.1) is 0 Å². The van der Waals surface area contributed by atoms with Gasteiger partial charge in [-0.2, -0.15) is 0 Å². The minimum Gasteiger partial charge on any atom is -0.317 e. The van der Waals surface area contributed by atoms with Crippen LogP contribution < -0.4 is 5.32 Å². The molecule has 0 aliphatic carbocycles. The van der Waals surface area contributed by atoms with Crippen LogP contribution in [0.25, 0.3) is 0 Å². The van der Waals surface area contributed by atoms with E-state index < -0.39 is 9.84 Å². The topological polar surface area (TPSA) is 46.2 Å². The smallest absolute Gasteiger partial charge is 0.181 e. The van der Waals surface area contributed by atoms with Crippen molar-refractivity contribution in [1.29, 1.82) is 0 Å². The fraction of sp³-hybridized carbons (Fsp3) is 0.538. The van der Waals surface area contributed by atoms with Crippen molar-refractivity contribution in [2.24, 2.45) is 0 Å². The molecule has 0 aromatic heterocycles. The summed E-state index contributed by atoms with van der Waals surface area (Å²) in [5.41, 5.74) is 2.06. The molecule has 3 nitrogen and oxygen atoms in total. The molecule has 0 saturated heterocycles. The number of likely N-dealkylation sites (N-methyl/N-ethyl adjacent to an activating group) is 1. The summed E-state index contributed by atoms with van der Waals surface area (Å²) < 4.78 is 24.2. The number of sulfone groups is 1. The van der Waals surface area contributed by atoms with E-state index in [1.807, 2.05) is 25.2 Å². The van der Waals surface area contributed by atoms with Crippen molar-refractivity contribution in [2.45, 2.75) is 42.9 Å². The Bertz CT molecular complexity index is 522. The van der Waals surface area contributed by atoms with Crippen molar-refractivity contribution in [3.63, 3.8) is 0 Å². The molecule has 2 unspecified atom stereocenters. The van der Waals surface area contributed by atoms with Crippen molar-refractivity contribution in [3.8, 4) is 0 Å². The fourth-order valence-corrected chi connectivity index (χ4v) is 3.92. The highest BCUT2D eigenvalue weighted by Crippen LogP contribution is 2.31. The van der Waals surface area contributed by atoms with Gasteiger partial charge in [-0.1, -0.05) is 12.1 Å². The summed E-state index contributed by atoms with van der Waals surface area (Å²) in [6.45, 7) is 3.87. The van der Waals surface area contributed by atoms with E-state index in [1.165, 1.54) is 0 Å². The van der Waals surface area contributed by atoms with Gasteiger partial charge in [0.15, 0.2) is 9.84 Å². The second-order valence-corrected chi connectivity index (χ2v) is 7.23. The maximum Gasteiger partial charge on any atom is 0.181 e. The molecule has 0 radical (unpaired) electrons. The molecule has 17 heavy (non-hydrogen) atoms. The largest absolute Gasteiger partial charge is 0.317 e. The number of nitrogens with one attached hydrogen (secondary N) is 1. The van der Waals surface area contributed by atoms with Crippen LogP contribution in [0.15, 0.2) is 23.1 Å². The van der Waals surface area contributed by atoms with Crippen LogP contribution in [0, 0.1) is 0 Å². The molecule has 0 spiro atoms. The Labute approximate surface area is 103 Å². The highest BCUT2D eigenvalue weighted by molar-refractivity contribution is 7.92. The minimum absolute atomic E-state index is 0.269. The summed E-state index contributed by atoms with van der Waals surface area (Å²) in [4.78, 5) is 0.547. The van der Waals surface area contributed by atoms with Gasteiger partial charge in [0.25, 0.3) is 0 Å². The van der Waals surface area contributed by atoms with E-state index in [9.17, 15) is 8.42 Å². The van der Waals surface area contributed by atoms with Crippen molar-refractivity contribution in [1.82, 2.24) is 5.32 Å². The molecule has 1 heterocycles. The predicted octanol–water partition coefficient (Wildman–Crippen LogP) is 1.56. The summed E-state index contributed by atoms with van der Waals surface area (Å²) in [5.74, 6) is 0. The molecule has 94 valence electrons. The maximum atomic E-state index is 12.1. The van der Waals surface area contributed by atoms with Crippen molar-refractivity contribution in [2.75, 3.05) is 7.05 Å². The summed E-state index contributed by atoms with van der Waals surface area (Å²) in [6, 6.07) is 6.21. The van der Waals surface area contributed by atoms with Crippen LogP contribution in [0.1, 0.15) is 25.0 Å². The number of benzene rings is 1. The van der Waals surface area contributed by atoms with Gasteiger partial charge in [-0.3, -0.25) is 0 Å². The van der Waals surface area contributed by atoms with Gasteiger partial charge in [0.1, 0.15) is 0 Å². The first kappa shape index (κ1) is 12.6. The van der Waals surface area contributed by atoms with E-state index in [-0.39, 0.29) is 5.25 Å². The number of rotatable bonds is 3. The molecule has 0 amide bonds. The summed E-state index contributed by atoms with van der Waals surface area (Å²) in [6.07, 6.45) is 1.51. The Balaban J connectivity index is 2.36. The van der Waals surface area contributed by atoms with E-state index in [0.717, 1.165) is 17.5 Å². The second-order valence-electron chi connectivity index (χ2n) is 4.90. The van der Waals surface area contributed by atoms with E-state index >= 15 is 0 Å². The van der Waals surface area contributed by atoms with Gasteiger partial charge >= 0.3 is 0 Å². The lowest BCUT2D eigenvalue weighted by atomic mass is 10.0. The van der Waals surface area contributed by atoms with Crippen molar-refractivity contribution < 1.29 is 8.42 Å². The average Bonchev–Trinajstić information content (AvgIpc) is 2.51. The summed E-state index contributed by atoms with van der Waals surface area (Å²) in [7, 11) is -1.16. The molecule has 2 rings (SSSR count). The van der Waals surface area contributed by atoms with E-state index in [4.69, 9.17) is 0 Å². The number of fused-ring (bicyclic) bond motifs is 1. The normalized spacial score (nSPS) is 23.4. The Morgan fingerprint density at radius 2 is 2.18 bits per heavy atom. The SMILES string of the molecule is CNC(C)Cc1ccc2c(c1)S(=O)(=O)C(C)C2. The van der Waals surface area contributed by atoms with Crippen LogP contribution in [0.2, 0.25) is 0 Å². The number of hydrogen-bond acceptors (Lipinski definition) is 3. The molecular formula is C13H19NO2S. The first-order valence-corrected chi connectivity index (χ1v) is 7.52. The van der Waals surface area contributed by atoms with Crippen LogP contribution >= 0.6 is 0 Å². The zero-order chi connectivity index (χ0) is 12.6. The fourth-order valence-electron chi connectivity index (χ4n) is 2.25. The molecule has 1 aromatic carbocycles. The van der Waals surface area contributed by atoms with Crippen LogP contribution in [0.3, 0.4) is 0 Å². The maximum absolute atomic E-state index is 12.1. The van der Waals surface area contributed by atoms with E-state index in [2.05, 4.69) is 12.2 Å². The van der Waals surface area contributed by atoms with Gasteiger partial charge in [-0.25, -0.2) is 8.42 Å². The third kappa shape index (κ3) is 2.24. The lowest BCUT2D eigenvalue weighted by Gasteiger charge is -2.11. The summed E-state index contributed by atoms with van der Waals surface area (Å²) in [5, 5.41) is 2.89. The van der Waals surface area contributed by atoms with Crippen molar-refractivity contribution in [3.05, 3.63) is 29.3 Å². The molecule has 0 bridgehead atoms. The minimum atomic E-state index is -3.07. The zero-order valence-corrected chi connectivity index (χ0v) is 11.3. The predicted molar refractivity (Wildman–Crippen MR) is 69.0 cm³/mol. The molecule has 1 aliphatic heterocycles. The molecule has 4 heteroatoms. The standard InChI is InChI=1S/C13H19NO2S/c1-9(14-3)6-11-4-5-12-7-10(2)17(15,16)13(12)8-11/h4-5,8-10,14H,6-7H2,1-3H3. The Kier molecular flexibility index (Phi) is 3.27. The van der Waals surface area contributed by atoms with Gasteiger partial charge < -0.3 is 5.32 Å². The van der Waals surface area contributed by atoms with Crippen LogP contribution in [0.5, 0.6) is 0 Å². The van der Waals surface area contributed by atoms with Crippen LogP contribution in [0.4, 0.5) is 0 Å². The molecule has 1 aliphatic rings. The third-order valence-electron chi connectivity index (χ3n) is 3.51. The van der Waals surface area contributed by atoms with Gasteiger partial charge in [-0.05, 0) is 50.9 Å². The highest BCUT2D eigenvalue weighted by atomic mass is 32.2. The summed E-state index contributed by atoms with van der Waals surface area (Å²) >= 11 is 0. The lowest BCUT2D eigenvalue weighted by Crippen LogP contribution is -2.23. The highest BCUT2D eigenvalue weighted by Gasteiger charge is 2.33. The lowest BCUT2D eigenvalue weighted by molar-refractivity contribution is 0.589. The molecule has 1 N–H and O–H groups in total. The van der Waals surface area contributed by atoms with Crippen molar-refractivity contribution >= 4 is 9.84 Å². The Morgan fingerprint density at radius 1 is 1.47 bits per heavy atom. The number of hydrogen-bond donors (Lipinski definition) is 1. The Morgan fingerprint density at radius 3 is 2.82 bits per heavy atom. The zero-order valence-electron chi connectivity index (χ0n) is 10.5. The third-order valence-corrected chi connectivity index (χ3v) is 5.73. The Hall–Kier alpha value is -0.870. The van der Waals surface area contributed by atoms with Gasteiger partial charge in [0.2, 0.25) is 0 Å². The van der Waals surface area contributed by atoms with Crippen LogP contribution in [-0.4, -0.2) is 26.8 Å². The molecule has 2 atom stereocenters. The second kappa shape index (κ2) is 4.42.